The molecule has 0 spiro atoms. The molecule has 1 aromatic carbocycles. The average Bonchev–Trinajstić information content (AvgIpc) is 2.85. The largest absolute Gasteiger partial charge is 0.382 e. The Kier molecular flexibility index (Phi) is 5.26. The van der Waals surface area contributed by atoms with Gasteiger partial charge in [0.15, 0.2) is 0 Å². The molecule has 110 valence electrons. The van der Waals surface area contributed by atoms with Gasteiger partial charge in [0.2, 0.25) is 5.91 Å². The van der Waals surface area contributed by atoms with Crippen molar-refractivity contribution in [1.29, 1.82) is 0 Å². The second-order valence-electron chi connectivity index (χ2n) is 5.45. The molecule has 1 aliphatic rings. The maximum atomic E-state index is 11.0. The topological polar surface area (TPSA) is 53.2 Å². The molecule has 5 heteroatoms. The second-order valence-corrected chi connectivity index (χ2v) is 5.86. The van der Waals surface area contributed by atoms with Crippen LogP contribution in [-0.2, 0) is 4.79 Å². The minimum atomic E-state index is -0.117. The van der Waals surface area contributed by atoms with E-state index in [0.29, 0.717) is 22.8 Å². The van der Waals surface area contributed by atoms with E-state index in [-0.39, 0.29) is 5.91 Å². The smallest absolute Gasteiger partial charge is 0.221 e. The van der Waals surface area contributed by atoms with Crippen LogP contribution >= 0.6 is 11.6 Å². The van der Waals surface area contributed by atoms with Crippen LogP contribution in [0, 0.1) is 0 Å². The number of nitrogens with one attached hydrogen (secondary N) is 3. The lowest BCUT2D eigenvalue weighted by molar-refractivity contribution is -0.114. The van der Waals surface area contributed by atoms with Crippen molar-refractivity contribution in [3.05, 3.63) is 23.2 Å². The summed E-state index contributed by atoms with van der Waals surface area (Å²) >= 11 is 6.16. The minimum absolute atomic E-state index is 0.117. The Labute approximate surface area is 125 Å². The number of hydrogen-bond donors (Lipinski definition) is 3. The first kappa shape index (κ1) is 15.1. The third-order valence-corrected chi connectivity index (χ3v) is 3.81. The standard InChI is InChI=1S/C15H22ClN3O/c1-10(8-12-4-3-7-17-12)18-13-5-6-15(14(16)9-13)19-11(2)20/h5-6,9-10,12,17-18H,3-4,7-8H2,1-2H3,(H,19,20). The molecule has 0 radical (unpaired) electrons. The van der Waals surface area contributed by atoms with Crippen LogP contribution in [0.5, 0.6) is 0 Å². The predicted octanol–water partition coefficient (Wildman–Crippen LogP) is 3.24. The molecule has 1 saturated heterocycles. The summed E-state index contributed by atoms with van der Waals surface area (Å²) in [7, 11) is 0. The molecule has 1 amide bonds. The first-order valence-electron chi connectivity index (χ1n) is 7.11. The first-order valence-corrected chi connectivity index (χ1v) is 7.49. The first-order chi connectivity index (χ1) is 9.54. The zero-order valence-corrected chi connectivity index (χ0v) is 12.8. The van der Waals surface area contributed by atoms with Crippen molar-refractivity contribution in [2.24, 2.45) is 0 Å². The highest BCUT2D eigenvalue weighted by Crippen LogP contribution is 2.26. The predicted molar refractivity (Wildman–Crippen MR) is 84.5 cm³/mol. The molecule has 0 aliphatic carbocycles. The van der Waals surface area contributed by atoms with Crippen molar-refractivity contribution in [3.63, 3.8) is 0 Å². The summed E-state index contributed by atoms with van der Waals surface area (Å²) in [5.74, 6) is -0.117. The van der Waals surface area contributed by atoms with Gasteiger partial charge in [-0.25, -0.2) is 0 Å². The molecule has 20 heavy (non-hydrogen) atoms. The van der Waals surface area contributed by atoms with E-state index in [1.165, 1.54) is 19.8 Å². The summed E-state index contributed by atoms with van der Waals surface area (Å²) in [5, 5.41) is 10.2. The fourth-order valence-corrected chi connectivity index (χ4v) is 2.85. The molecule has 0 bridgehead atoms. The van der Waals surface area contributed by atoms with E-state index in [2.05, 4.69) is 22.9 Å². The average molecular weight is 296 g/mol. The van der Waals surface area contributed by atoms with Crippen molar-refractivity contribution in [3.8, 4) is 0 Å². The number of carbonyl (C=O) groups excluding carboxylic acids is 1. The molecule has 2 rings (SSSR count). The number of halogens is 1. The van der Waals surface area contributed by atoms with Crippen LogP contribution in [0.2, 0.25) is 5.02 Å². The highest BCUT2D eigenvalue weighted by atomic mass is 35.5. The maximum absolute atomic E-state index is 11.0. The molecule has 2 atom stereocenters. The maximum Gasteiger partial charge on any atom is 0.221 e. The van der Waals surface area contributed by atoms with Gasteiger partial charge in [-0.2, -0.15) is 0 Å². The minimum Gasteiger partial charge on any atom is -0.382 e. The van der Waals surface area contributed by atoms with Gasteiger partial charge in [-0.3, -0.25) is 4.79 Å². The zero-order valence-electron chi connectivity index (χ0n) is 12.0. The van der Waals surface area contributed by atoms with Crippen molar-refractivity contribution >= 4 is 28.9 Å². The van der Waals surface area contributed by atoms with Gasteiger partial charge in [-0.05, 0) is 50.9 Å². The Hall–Kier alpha value is -1.26. The number of rotatable bonds is 5. The Balaban J connectivity index is 1.91. The normalized spacial score (nSPS) is 19.6. The highest BCUT2D eigenvalue weighted by Gasteiger charge is 2.17. The Morgan fingerprint density at radius 3 is 2.95 bits per heavy atom. The SMILES string of the molecule is CC(=O)Nc1ccc(NC(C)CC2CCCN2)cc1Cl. The van der Waals surface area contributed by atoms with Crippen molar-refractivity contribution < 1.29 is 4.79 Å². The molecule has 2 unspecified atom stereocenters. The molecule has 3 N–H and O–H groups in total. The fourth-order valence-electron chi connectivity index (χ4n) is 2.62. The van der Waals surface area contributed by atoms with Gasteiger partial charge in [0.25, 0.3) is 0 Å². The molecule has 4 nitrogen and oxygen atoms in total. The molecule has 1 aliphatic heterocycles. The molecule has 1 aromatic rings. The third-order valence-electron chi connectivity index (χ3n) is 3.49. The summed E-state index contributed by atoms with van der Waals surface area (Å²) in [6.45, 7) is 4.78. The molecule has 0 aromatic heterocycles. The van der Waals surface area contributed by atoms with E-state index in [4.69, 9.17) is 11.6 Å². The van der Waals surface area contributed by atoms with Crippen molar-refractivity contribution in [2.75, 3.05) is 17.2 Å². The van der Waals surface area contributed by atoms with Gasteiger partial charge in [0, 0.05) is 24.7 Å². The zero-order chi connectivity index (χ0) is 14.5. The van der Waals surface area contributed by atoms with E-state index in [1.54, 1.807) is 0 Å². The van der Waals surface area contributed by atoms with Crippen LogP contribution in [0.15, 0.2) is 18.2 Å². The van der Waals surface area contributed by atoms with E-state index >= 15 is 0 Å². The van der Waals surface area contributed by atoms with E-state index in [1.807, 2.05) is 18.2 Å². The number of carbonyl (C=O) groups is 1. The quantitative estimate of drug-likeness (QED) is 0.781. The van der Waals surface area contributed by atoms with Crippen LogP contribution < -0.4 is 16.0 Å². The fraction of sp³-hybridized carbons (Fsp3) is 0.533. The number of hydrogen-bond acceptors (Lipinski definition) is 3. The van der Waals surface area contributed by atoms with Crippen LogP contribution in [0.3, 0.4) is 0 Å². The molecule has 1 fully saturated rings. The number of amides is 1. The highest BCUT2D eigenvalue weighted by molar-refractivity contribution is 6.34. The monoisotopic (exact) mass is 295 g/mol. The summed E-state index contributed by atoms with van der Waals surface area (Å²) in [6, 6.07) is 6.62. The number of benzene rings is 1. The van der Waals surface area contributed by atoms with Crippen LogP contribution in [-0.4, -0.2) is 24.5 Å². The van der Waals surface area contributed by atoms with Gasteiger partial charge in [-0.15, -0.1) is 0 Å². The second kappa shape index (κ2) is 6.95. The lowest BCUT2D eigenvalue weighted by Crippen LogP contribution is -2.29. The Morgan fingerprint density at radius 2 is 2.35 bits per heavy atom. The number of anilines is 2. The van der Waals surface area contributed by atoms with Crippen LogP contribution in [0.25, 0.3) is 0 Å². The lowest BCUT2D eigenvalue weighted by Gasteiger charge is -2.20. The van der Waals surface area contributed by atoms with E-state index < -0.39 is 0 Å². The van der Waals surface area contributed by atoms with Crippen LogP contribution in [0.4, 0.5) is 11.4 Å². The molecular formula is C15H22ClN3O. The molecule has 1 heterocycles. The van der Waals surface area contributed by atoms with Crippen LogP contribution in [0.1, 0.15) is 33.1 Å². The Bertz CT molecular complexity index is 472. The van der Waals surface area contributed by atoms with E-state index in [0.717, 1.165) is 18.7 Å². The summed E-state index contributed by atoms with van der Waals surface area (Å²) in [5.41, 5.74) is 1.63. The summed E-state index contributed by atoms with van der Waals surface area (Å²) < 4.78 is 0. The summed E-state index contributed by atoms with van der Waals surface area (Å²) in [6.07, 6.45) is 3.63. The Morgan fingerprint density at radius 1 is 1.55 bits per heavy atom. The third kappa shape index (κ3) is 4.39. The van der Waals surface area contributed by atoms with Gasteiger partial charge in [0.05, 0.1) is 10.7 Å². The molecule has 0 saturated carbocycles. The van der Waals surface area contributed by atoms with Crippen molar-refractivity contribution in [1.82, 2.24) is 5.32 Å². The van der Waals surface area contributed by atoms with Gasteiger partial charge < -0.3 is 16.0 Å². The van der Waals surface area contributed by atoms with E-state index in [9.17, 15) is 4.79 Å². The van der Waals surface area contributed by atoms with Crippen molar-refractivity contribution in [2.45, 2.75) is 45.2 Å². The lowest BCUT2D eigenvalue weighted by atomic mass is 10.1. The van der Waals surface area contributed by atoms with Gasteiger partial charge >= 0.3 is 0 Å². The van der Waals surface area contributed by atoms with Gasteiger partial charge in [0.1, 0.15) is 0 Å². The van der Waals surface area contributed by atoms with Gasteiger partial charge in [-0.1, -0.05) is 11.6 Å². The molecular weight excluding hydrogens is 274 g/mol. The summed E-state index contributed by atoms with van der Waals surface area (Å²) in [4.78, 5) is 11.0.